The molecule has 0 aliphatic carbocycles. The fraction of sp³-hybridized carbons (Fsp3) is 0.368. The Balaban J connectivity index is 2.10. The maximum atomic E-state index is 11.8. The predicted molar refractivity (Wildman–Crippen MR) is 101 cm³/mol. The van der Waals surface area contributed by atoms with Crippen LogP contribution in [0.2, 0.25) is 5.02 Å². The second-order valence-corrected chi connectivity index (χ2v) is 7.40. The van der Waals surface area contributed by atoms with Gasteiger partial charge in [-0.2, -0.15) is 0 Å². The molecule has 1 fully saturated rings. The zero-order chi connectivity index (χ0) is 18.4. The second-order valence-electron chi connectivity index (χ2n) is 6.99. The molecule has 0 atom stereocenters. The summed E-state index contributed by atoms with van der Waals surface area (Å²) in [7, 11) is 0. The molecule has 0 aromatic heterocycles. The highest BCUT2D eigenvalue weighted by Crippen LogP contribution is 2.41. The molecule has 0 spiro atoms. The first-order valence-corrected chi connectivity index (χ1v) is 8.76. The Bertz CT molecular complexity index is 824. The summed E-state index contributed by atoms with van der Waals surface area (Å²) in [5.41, 5.74) is 4.18. The van der Waals surface area contributed by atoms with Gasteiger partial charge in [0.25, 0.3) is 5.91 Å². The van der Waals surface area contributed by atoms with Crippen LogP contribution in [0.15, 0.2) is 23.9 Å². The van der Waals surface area contributed by atoms with Crippen molar-refractivity contribution in [2.45, 2.75) is 39.7 Å². The Hall–Kier alpha value is -2.27. The van der Waals surface area contributed by atoms with Crippen molar-refractivity contribution in [2.24, 2.45) is 0 Å². The average molecular weight is 360 g/mol. The Labute approximate surface area is 152 Å². The standard InChI is InChI=1S/C19H22ClN3O2/c1-5-6-23-16-9-14(20)12(8-15-17(24)22-18(25)21-15)7-13(16)11(2)10-19(23,3)4/h7-10H,5-6H2,1-4H3,(H2,21,22,24,25)/b15-8-. The van der Waals surface area contributed by atoms with Crippen LogP contribution < -0.4 is 15.5 Å². The van der Waals surface area contributed by atoms with Crippen LogP contribution in [0.3, 0.4) is 0 Å². The Kier molecular flexibility index (Phi) is 4.37. The quantitative estimate of drug-likeness (QED) is 0.635. The lowest BCUT2D eigenvalue weighted by Gasteiger charge is -2.43. The first-order chi connectivity index (χ1) is 11.7. The van der Waals surface area contributed by atoms with E-state index in [1.807, 2.05) is 12.1 Å². The molecule has 3 amide bonds. The van der Waals surface area contributed by atoms with Crippen LogP contribution in [0.1, 0.15) is 45.2 Å². The average Bonchev–Trinajstić information content (AvgIpc) is 2.82. The van der Waals surface area contributed by atoms with Crippen molar-refractivity contribution in [3.63, 3.8) is 0 Å². The minimum absolute atomic E-state index is 0.0876. The summed E-state index contributed by atoms with van der Waals surface area (Å²) in [5.74, 6) is -0.445. The first-order valence-electron chi connectivity index (χ1n) is 8.38. The van der Waals surface area contributed by atoms with E-state index < -0.39 is 11.9 Å². The summed E-state index contributed by atoms with van der Waals surface area (Å²) in [4.78, 5) is 25.4. The number of fused-ring (bicyclic) bond motifs is 1. The molecule has 5 nitrogen and oxygen atoms in total. The van der Waals surface area contributed by atoms with Gasteiger partial charge in [0.1, 0.15) is 5.70 Å². The largest absolute Gasteiger partial charge is 0.362 e. The third-order valence-electron chi connectivity index (χ3n) is 4.56. The van der Waals surface area contributed by atoms with Crippen LogP contribution in [0.25, 0.3) is 11.6 Å². The van der Waals surface area contributed by atoms with Crippen molar-refractivity contribution in [1.29, 1.82) is 0 Å². The molecular formula is C19H22ClN3O2. The van der Waals surface area contributed by atoms with Gasteiger partial charge in [0.15, 0.2) is 0 Å². The fourth-order valence-electron chi connectivity index (χ4n) is 3.50. The van der Waals surface area contributed by atoms with Gasteiger partial charge in [-0.25, -0.2) is 4.79 Å². The summed E-state index contributed by atoms with van der Waals surface area (Å²) in [6.45, 7) is 9.55. The van der Waals surface area contributed by atoms with E-state index in [0.29, 0.717) is 10.6 Å². The molecule has 1 aromatic carbocycles. The Morgan fingerprint density at radius 3 is 2.56 bits per heavy atom. The second kappa shape index (κ2) is 6.23. The highest BCUT2D eigenvalue weighted by Gasteiger charge is 2.31. The zero-order valence-electron chi connectivity index (χ0n) is 14.9. The van der Waals surface area contributed by atoms with E-state index in [1.54, 1.807) is 6.08 Å². The van der Waals surface area contributed by atoms with Crippen LogP contribution >= 0.6 is 11.6 Å². The molecule has 2 aliphatic rings. The van der Waals surface area contributed by atoms with Crippen molar-refractivity contribution in [1.82, 2.24) is 10.6 Å². The van der Waals surface area contributed by atoms with Gasteiger partial charge >= 0.3 is 6.03 Å². The van der Waals surface area contributed by atoms with Crippen LogP contribution in [0.5, 0.6) is 0 Å². The van der Waals surface area contributed by atoms with Gasteiger partial charge in [0.2, 0.25) is 0 Å². The molecule has 0 bridgehead atoms. The number of imide groups is 1. The molecule has 2 heterocycles. The molecule has 1 saturated heterocycles. The number of allylic oxidation sites excluding steroid dienone is 1. The number of urea groups is 1. The lowest BCUT2D eigenvalue weighted by molar-refractivity contribution is -0.115. The van der Waals surface area contributed by atoms with Crippen LogP contribution in [0, 0.1) is 0 Å². The highest BCUT2D eigenvalue weighted by atomic mass is 35.5. The lowest BCUT2D eigenvalue weighted by atomic mass is 9.87. The summed E-state index contributed by atoms with van der Waals surface area (Å²) in [6, 6.07) is 3.41. The van der Waals surface area contributed by atoms with E-state index in [1.165, 1.54) is 5.57 Å². The molecular weight excluding hydrogens is 338 g/mol. The van der Waals surface area contributed by atoms with Gasteiger partial charge in [-0.1, -0.05) is 24.6 Å². The molecule has 6 heteroatoms. The van der Waals surface area contributed by atoms with Gasteiger partial charge in [-0.3, -0.25) is 10.1 Å². The zero-order valence-corrected chi connectivity index (χ0v) is 15.6. The van der Waals surface area contributed by atoms with Crippen molar-refractivity contribution in [3.05, 3.63) is 40.1 Å². The minimum Gasteiger partial charge on any atom is -0.362 e. The summed E-state index contributed by atoms with van der Waals surface area (Å²) < 4.78 is 0. The van der Waals surface area contributed by atoms with Crippen molar-refractivity contribution >= 4 is 40.9 Å². The number of hydrogen-bond acceptors (Lipinski definition) is 3. The molecule has 0 unspecified atom stereocenters. The number of carbonyl (C=O) groups is 2. The Morgan fingerprint density at radius 2 is 1.96 bits per heavy atom. The number of benzene rings is 1. The van der Waals surface area contributed by atoms with Crippen LogP contribution in [-0.2, 0) is 4.79 Å². The molecule has 1 aromatic rings. The van der Waals surface area contributed by atoms with Crippen molar-refractivity contribution in [2.75, 3.05) is 11.4 Å². The molecule has 0 radical (unpaired) electrons. The summed E-state index contributed by atoms with van der Waals surface area (Å²) in [5, 5.41) is 5.23. The van der Waals surface area contributed by atoms with Crippen LogP contribution in [-0.4, -0.2) is 24.0 Å². The number of hydrogen-bond donors (Lipinski definition) is 2. The van der Waals surface area contributed by atoms with Gasteiger partial charge in [0.05, 0.1) is 5.54 Å². The van der Waals surface area contributed by atoms with E-state index in [9.17, 15) is 9.59 Å². The van der Waals surface area contributed by atoms with Gasteiger partial charge in [-0.15, -0.1) is 0 Å². The van der Waals surface area contributed by atoms with Gasteiger partial charge in [-0.05, 0) is 56.5 Å². The normalized spacial score (nSPS) is 20.3. The van der Waals surface area contributed by atoms with Crippen molar-refractivity contribution in [3.8, 4) is 0 Å². The third kappa shape index (κ3) is 3.16. The number of anilines is 1. The predicted octanol–water partition coefficient (Wildman–Crippen LogP) is 3.93. The maximum Gasteiger partial charge on any atom is 0.326 e. The molecule has 2 aliphatic heterocycles. The first kappa shape index (κ1) is 17.5. The van der Waals surface area contributed by atoms with E-state index in [4.69, 9.17) is 11.6 Å². The van der Waals surface area contributed by atoms with Gasteiger partial charge < -0.3 is 10.2 Å². The topological polar surface area (TPSA) is 61.4 Å². The van der Waals surface area contributed by atoms with Crippen molar-refractivity contribution < 1.29 is 9.59 Å². The van der Waals surface area contributed by atoms with E-state index in [2.05, 4.69) is 49.3 Å². The minimum atomic E-state index is -0.516. The van der Waals surface area contributed by atoms with Crippen LogP contribution in [0.4, 0.5) is 10.5 Å². The number of nitrogens with one attached hydrogen (secondary N) is 2. The number of rotatable bonds is 3. The van der Waals surface area contributed by atoms with Gasteiger partial charge in [0, 0.05) is 22.8 Å². The fourth-order valence-corrected chi connectivity index (χ4v) is 3.71. The third-order valence-corrected chi connectivity index (χ3v) is 4.89. The number of amides is 3. The number of halogens is 1. The molecule has 25 heavy (non-hydrogen) atoms. The Morgan fingerprint density at radius 1 is 1.24 bits per heavy atom. The number of nitrogens with zero attached hydrogens (tertiary/aromatic N) is 1. The van der Waals surface area contributed by atoms with E-state index >= 15 is 0 Å². The highest BCUT2D eigenvalue weighted by molar-refractivity contribution is 6.32. The maximum absolute atomic E-state index is 11.8. The molecule has 132 valence electrons. The molecule has 3 rings (SSSR count). The summed E-state index contributed by atoms with van der Waals surface area (Å²) >= 11 is 6.49. The summed E-state index contributed by atoms with van der Waals surface area (Å²) in [6.07, 6.45) is 4.89. The smallest absolute Gasteiger partial charge is 0.326 e. The van der Waals surface area contributed by atoms with E-state index in [0.717, 1.165) is 24.2 Å². The number of carbonyl (C=O) groups excluding carboxylic acids is 2. The monoisotopic (exact) mass is 359 g/mol. The molecule has 2 N–H and O–H groups in total. The SMILES string of the molecule is CCCN1c2cc(Cl)c(/C=C3\NC(=O)NC3=O)cc2C(C)=CC1(C)C. The lowest BCUT2D eigenvalue weighted by Crippen LogP contribution is -2.45. The molecule has 0 saturated carbocycles. The van der Waals surface area contributed by atoms with E-state index in [-0.39, 0.29) is 11.2 Å².